The van der Waals surface area contributed by atoms with Crippen molar-refractivity contribution in [3.8, 4) is 39.6 Å². The molecule has 3 aromatic carbocycles. The third-order valence-corrected chi connectivity index (χ3v) is 10.7. The number of anilines is 2. The van der Waals surface area contributed by atoms with Gasteiger partial charge in [0.1, 0.15) is 0 Å². The van der Waals surface area contributed by atoms with Crippen molar-refractivity contribution >= 4 is 23.2 Å². The molecule has 272 valence electrons. The Hall–Kier alpha value is -6.74. The highest BCUT2D eigenvalue weighted by molar-refractivity contribution is 5.97. The molecule has 9 heteroatoms. The van der Waals surface area contributed by atoms with Gasteiger partial charge in [-0.05, 0) is 72.7 Å². The van der Waals surface area contributed by atoms with Crippen molar-refractivity contribution in [2.24, 2.45) is 11.8 Å². The second-order valence-corrected chi connectivity index (χ2v) is 14.1. The van der Waals surface area contributed by atoms with Crippen molar-refractivity contribution in [3.05, 3.63) is 164 Å². The largest absolute Gasteiger partial charge is 0.314 e. The van der Waals surface area contributed by atoms with Crippen LogP contribution in [0, 0.1) is 11.8 Å². The van der Waals surface area contributed by atoms with E-state index in [1.54, 1.807) is 36.3 Å². The van der Waals surface area contributed by atoms with Gasteiger partial charge in [0, 0.05) is 67.4 Å². The molecule has 2 atom stereocenters. The summed E-state index contributed by atoms with van der Waals surface area (Å²) in [6.45, 7) is 0. The smallest absolute Gasteiger partial charge is 0.233 e. The lowest BCUT2D eigenvalue weighted by molar-refractivity contribution is -0.127. The van der Waals surface area contributed by atoms with Crippen molar-refractivity contribution in [2.45, 2.75) is 25.2 Å². The van der Waals surface area contributed by atoms with Gasteiger partial charge in [0.2, 0.25) is 17.8 Å². The lowest BCUT2D eigenvalue weighted by atomic mass is 9.70. The summed E-state index contributed by atoms with van der Waals surface area (Å²) in [6.07, 6.45) is 12.6. The van der Waals surface area contributed by atoms with E-state index in [1.807, 2.05) is 139 Å². The molecular formula is C46H41N7O2. The zero-order chi connectivity index (χ0) is 37.7. The highest BCUT2D eigenvalue weighted by Crippen LogP contribution is 2.44. The van der Waals surface area contributed by atoms with Gasteiger partial charge in [-0.2, -0.15) is 0 Å². The first-order valence-corrected chi connectivity index (χ1v) is 18.6. The number of aromatic nitrogens is 5. The van der Waals surface area contributed by atoms with E-state index in [0.29, 0.717) is 36.6 Å². The molecule has 4 heterocycles. The van der Waals surface area contributed by atoms with E-state index < -0.39 is 11.8 Å². The van der Waals surface area contributed by atoms with Gasteiger partial charge >= 0.3 is 0 Å². The van der Waals surface area contributed by atoms with Crippen LogP contribution in [0.1, 0.15) is 30.7 Å². The van der Waals surface area contributed by atoms with E-state index in [4.69, 9.17) is 0 Å². The minimum Gasteiger partial charge on any atom is -0.314 e. The molecule has 1 saturated carbocycles. The Morgan fingerprint density at radius 1 is 0.527 bits per heavy atom. The standard InChI is InChI=1S/C46H41N7O2/c1-51(38-19-21-42(47-30-38)32-13-5-3-6-14-32)44(54)35-25-34(40-17-9-10-18-41(40)37-28-49-46(50-29-37)53-23-11-12-24-53)26-36(27-35)45(55)52(2)39-20-22-43(48-31-39)33-15-7-4-8-16-33/h3-24,28-31,34-36H,25-27H2,1-2H3. The molecule has 0 aliphatic heterocycles. The van der Waals surface area contributed by atoms with E-state index in [-0.39, 0.29) is 17.7 Å². The average molecular weight is 724 g/mol. The first-order chi connectivity index (χ1) is 26.9. The zero-order valence-corrected chi connectivity index (χ0v) is 30.8. The van der Waals surface area contributed by atoms with Crippen LogP contribution < -0.4 is 9.80 Å². The number of hydrogen-bond donors (Lipinski definition) is 0. The highest BCUT2D eigenvalue weighted by Gasteiger charge is 2.40. The van der Waals surface area contributed by atoms with Crippen LogP contribution in [0.15, 0.2) is 159 Å². The molecule has 4 aromatic heterocycles. The molecule has 1 aliphatic rings. The summed E-state index contributed by atoms with van der Waals surface area (Å²) in [7, 11) is 3.59. The summed E-state index contributed by atoms with van der Waals surface area (Å²) in [4.78, 5) is 51.0. The molecule has 55 heavy (non-hydrogen) atoms. The van der Waals surface area contributed by atoms with Crippen LogP contribution in [0.25, 0.3) is 39.6 Å². The lowest BCUT2D eigenvalue weighted by Crippen LogP contribution is -2.42. The Bertz CT molecular complexity index is 2260. The topological polar surface area (TPSA) is 97.1 Å². The Morgan fingerprint density at radius 3 is 1.51 bits per heavy atom. The fourth-order valence-corrected chi connectivity index (χ4v) is 7.68. The summed E-state index contributed by atoms with van der Waals surface area (Å²) in [5, 5.41) is 0. The summed E-state index contributed by atoms with van der Waals surface area (Å²) in [6, 6.07) is 39.8. The van der Waals surface area contributed by atoms with Crippen molar-refractivity contribution in [1.82, 2.24) is 24.5 Å². The quantitative estimate of drug-likeness (QED) is 0.148. The molecule has 8 rings (SSSR count). The van der Waals surface area contributed by atoms with E-state index in [1.165, 1.54) is 0 Å². The van der Waals surface area contributed by atoms with Crippen molar-refractivity contribution in [1.29, 1.82) is 0 Å². The van der Waals surface area contributed by atoms with Gasteiger partial charge in [-0.3, -0.25) is 24.1 Å². The van der Waals surface area contributed by atoms with Crippen LogP contribution in [0.3, 0.4) is 0 Å². The van der Waals surface area contributed by atoms with Crippen LogP contribution in [0.5, 0.6) is 0 Å². The monoisotopic (exact) mass is 723 g/mol. The zero-order valence-electron chi connectivity index (χ0n) is 30.8. The number of carbonyl (C=O) groups excluding carboxylic acids is 2. The molecule has 9 nitrogen and oxygen atoms in total. The molecule has 0 saturated heterocycles. The average Bonchev–Trinajstić information content (AvgIpc) is 3.82. The summed E-state index contributed by atoms with van der Waals surface area (Å²) >= 11 is 0. The van der Waals surface area contributed by atoms with Crippen LogP contribution in [-0.4, -0.2) is 50.4 Å². The third kappa shape index (κ3) is 7.55. The molecule has 1 fully saturated rings. The van der Waals surface area contributed by atoms with Gasteiger partial charge in [-0.1, -0.05) is 84.9 Å². The second kappa shape index (κ2) is 15.7. The Morgan fingerprint density at radius 2 is 1.02 bits per heavy atom. The minimum atomic E-state index is -0.404. The lowest BCUT2D eigenvalue weighted by Gasteiger charge is -2.37. The fraction of sp³-hybridized carbons (Fsp3) is 0.174. The molecule has 2 amide bonds. The van der Waals surface area contributed by atoms with Gasteiger partial charge < -0.3 is 9.80 Å². The minimum absolute atomic E-state index is 0.0369. The highest BCUT2D eigenvalue weighted by atomic mass is 16.2. The van der Waals surface area contributed by atoms with Crippen LogP contribution in [0.4, 0.5) is 11.4 Å². The van der Waals surface area contributed by atoms with Gasteiger partial charge in [-0.15, -0.1) is 0 Å². The van der Waals surface area contributed by atoms with Crippen LogP contribution >= 0.6 is 0 Å². The van der Waals surface area contributed by atoms with E-state index in [2.05, 4.69) is 32.1 Å². The second-order valence-electron chi connectivity index (χ2n) is 14.1. The SMILES string of the molecule is CN(C(=O)C1CC(C(=O)N(C)c2ccc(-c3ccccc3)nc2)CC(c2ccccc2-c2cnc(-n3cccc3)nc2)C1)c1ccc(-c2ccccc2)nc1. The van der Waals surface area contributed by atoms with Gasteiger partial charge in [0.25, 0.3) is 0 Å². The molecule has 0 bridgehead atoms. The van der Waals surface area contributed by atoms with Crippen molar-refractivity contribution in [3.63, 3.8) is 0 Å². The molecule has 0 radical (unpaired) electrons. The predicted molar refractivity (Wildman–Crippen MR) is 217 cm³/mol. The van der Waals surface area contributed by atoms with E-state index >= 15 is 0 Å². The van der Waals surface area contributed by atoms with Crippen LogP contribution in [-0.2, 0) is 9.59 Å². The maximum Gasteiger partial charge on any atom is 0.233 e. The van der Waals surface area contributed by atoms with Gasteiger partial charge in [-0.25, -0.2) is 9.97 Å². The third-order valence-electron chi connectivity index (χ3n) is 10.7. The summed E-state index contributed by atoms with van der Waals surface area (Å²) in [5.74, 6) is -0.368. The fourth-order valence-electron chi connectivity index (χ4n) is 7.68. The van der Waals surface area contributed by atoms with E-state index in [0.717, 1.165) is 39.2 Å². The van der Waals surface area contributed by atoms with E-state index in [9.17, 15) is 9.59 Å². The number of benzene rings is 3. The number of amides is 2. The normalized spacial score (nSPS) is 16.7. The molecule has 1 aliphatic carbocycles. The number of hydrogen-bond acceptors (Lipinski definition) is 6. The first-order valence-electron chi connectivity index (χ1n) is 18.6. The van der Waals surface area contributed by atoms with Crippen molar-refractivity contribution < 1.29 is 9.59 Å². The first kappa shape index (κ1) is 35.3. The molecule has 2 unspecified atom stereocenters. The molecule has 0 N–H and O–H groups in total. The van der Waals surface area contributed by atoms with Crippen LogP contribution in [0.2, 0.25) is 0 Å². The Labute approximate surface area is 321 Å². The predicted octanol–water partition coefficient (Wildman–Crippen LogP) is 8.88. The number of rotatable bonds is 9. The maximum absolute atomic E-state index is 14.5. The Kier molecular flexibility index (Phi) is 10.1. The number of nitrogens with zero attached hydrogens (tertiary/aromatic N) is 7. The summed E-state index contributed by atoms with van der Waals surface area (Å²) in [5.41, 5.74) is 8.06. The van der Waals surface area contributed by atoms with Gasteiger partial charge in [0.15, 0.2) is 0 Å². The number of pyridine rings is 2. The summed E-state index contributed by atoms with van der Waals surface area (Å²) < 4.78 is 1.87. The van der Waals surface area contributed by atoms with Crippen molar-refractivity contribution in [2.75, 3.05) is 23.9 Å². The maximum atomic E-state index is 14.5. The molecular weight excluding hydrogens is 683 g/mol. The molecule has 0 spiro atoms. The molecule has 7 aromatic rings. The van der Waals surface area contributed by atoms with Gasteiger partial charge in [0.05, 0.1) is 35.2 Å². The number of carbonyl (C=O) groups is 2. The Balaban J connectivity index is 1.08.